The van der Waals surface area contributed by atoms with Crippen molar-refractivity contribution < 1.29 is 9.53 Å². The zero-order valence-electron chi connectivity index (χ0n) is 10.2. The Hall–Kier alpha value is -0.610. The fraction of sp³-hybridized carbons (Fsp3) is 0.909. The molecule has 0 aromatic rings. The summed E-state index contributed by atoms with van der Waals surface area (Å²) in [5, 5.41) is 0. The highest BCUT2D eigenvalue weighted by molar-refractivity contribution is 5.73. The SMILES string of the molecule is COC(=O)C1CN(CCN(C)C)CC1C. The summed E-state index contributed by atoms with van der Waals surface area (Å²) >= 11 is 0. The van der Waals surface area contributed by atoms with E-state index in [-0.39, 0.29) is 11.9 Å². The van der Waals surface area contributed by atoms with Crippen LogP contribution in [0.15, 0.2) is 0 Å². The Bertz CT molecular complexity index is 219. The quantitative estimate of drug-likeness (QED) is 0.630. The van der Waals surface area contributed by atoms with Crippen LogP contribution >= 0.6 is 0 Å². The van der Waals surface area contributed by atoms with Crippen LogP contribution in [0.1, 0.15) is 6.92 Å². The van der Waals surface area contributed by atoms with Crippen molar-refractivity contribution in [2.24, 2.45) is 11.8 Å². The normalized spacial score (nSPS) is 27.3. The zero-order chi connectivity index (χ0) is 11.4. The molecule has 4 nitrogen and oxygen atoms in total. The van der Waals surface area contributed by atoms with Gasteiger partial charge in [-0.05, 0) is 20.0 Å². The highest BCUT2D eigenvalue weighted by atomic mass is 16.5. The van der Waals surface area contributed by atoms with Gasteiger partial charge < -0.3 is 14.5 Å². The molecule has 1 fully saturated rings. The molecule has 0 amide bonds. The van der Waals surface area contributed by atoms with E-state index in [0.29, 0.717) is 5.92 Å². The number of ether oxygens (including phenoxy) is 1. The molecule has 0 saturated carbocycles. The van der Waals surface area contributed by atoms with Crippen LogP contribution in [0.5, 0.6) is 0 Å². The molecular formula is C11H22N2O2. The second-order valence-corrected chi connectivity index (χ2v) is 4.67. The van der Waals surface area contributed by atoms with Crippen molar-refractivity contribution in [3.05, 3.63) is 0 Å². The first kappa shape index (κ1) is 12.5. The predicted octanol–water partition coefficient (Wildman–Crippen LogP) is 0.289. The second-order valence-electron chi connectivity index (χ2n) is 4.67. The molecule has 0 N–H and O–H groups in total. The van der Waals surface area contributed by atoms with Gasteiger partial charge in [0.15, 0.2) is 0 Å². The van der Waals surface area contributed by atoms with E-state index >= 15 is 0 Å². The summed E-state index contributed by atoms with van der Waals surface area (Å²) in [6.45, 7) is 6.05. The van der Waals surface area contributed by atoms with Gasteiger partial charge >= 0.3 is 5.97 Å². The Labute approximate surface area is 92.2 Å². The number of hydrogen-bond donors (Lipinski definition) is 0. The van der Waals surface area contributed by atoms with Crippen molar-refractivity contribution in [1.82, 2.24) is 9.80 Å². The van der Waals surface area contributed by atoms with Crippen LogP contribution in [0.25, 0.3) is 0 Å². The molecule has 0 aliphatic carbocycles. The van der Waals surface area contributed by atoms with Crippen LogP contribution in [0.3, 0.4) is 0 Å². The van der Waals surface area contributed by atoms with Gasteiger partial charge in [-0.25, -0.2) is 0 Å². The lowest BCUT2D eigenvalue weighted by molar-refractivity contribution is -0.146. The molecule has 1 aliphatic heterocycles. The molecule has 4 heteroatoms. The lowest BCUT2D eigenvalue weighted by Gasteiger charge is -2.18. The van der Waals surface area contributed by atoms with Crippen LogP contribution in [-0.2, 0) is 9.53 Å². The number of esters is 1. The van der Waals surface area contributed by atoms with Crippen LogP contribution in [0, 0.1) is 11.8 Å². The number of likely N-dealkylation sites (tertiary alicyclic amines) is 1. The molecule has 1 aliphatic rings. The maximum absolute atomic E-state index is 11.4. The van der Waals surface area contributed by atoms with Crippen molar-refractivity contribution in [3.63, 3.8) is 0 Å². The Morgan fingerprint density at radius 1 is 1.47 bits per heavy atom. The summed E-state index contributed by atoms with van der Waals surface area (Å²) in [4.78, 5) is 16.0. The minimum atomic E-state index is -0.0603. The Balaban J connectivity index is 2.38. The molecule has 1 rings (SSSR count). The molecule has 15 heavy (non-hydrogen) atoms. The summed E-state index contributed by atoms with van der Waals surface area (Å²) in [6.07, 6.45) is 0. The molecule has 2 unspecified atom stereocenters. The molecule has 0 spiro atoms. The molecule has 0 aromatic carbocycles. The van der Waals surface area contributed by atoms with Crippen molar-refractivity contribution in [2.45, 2.75) is 6.92 Å². The standard InChI is InChI=1S/C11H22N2O2/c1-9-7-13(6-5-12(2)3)8-10(9)11(14)15-4/h9-10H,5-8H2,1-4H3. The monoisotopic (exact) mass is 214 g/mol. The van der Waals surface area contributed by atoms with E-state index in [1.807, 2.05) is 0 Å². The summed E-state index contributed by atoms with van der Waals surface area (Å²) in [7, 11) is 5.60. The largest absolute Gasteiger partial charge is 0.469 e. The molecule has 0 aromatic heterocycles. The van der Waals surface area contributed by atoms with Crippen molar-refractivity contribution in [1.29, 1.82) is 0 Å². The summed E-state index contributed by atoms with van der Waals surface area (Å²) in [6, 6.07) is 0. The first-order chi connectivity index (χ1) is 7.04. The predicted molar refractivity (Wildman–Crippen MR) is 59.7 cm³/mol. The van der Waals surface area contributed by atoms with Crippen LogP contribution < -0.4 is 0 Å². The smallest absolute Gasteiger partial charge is 0.310 e. The number of nitrogens with zero attached hydrogens (tertiary/aromatic N) is 2. The van der Waals surface area contributed by atoms with Gasteiger partial charge in [-0.15, -0.1) is 0 Å². The van der Waals surface area contributed by atoms with Gasteiger partial charge in [-0.3, -0.25) is 4.79 Å². The Morgan fingerprint density at radius 3 is 2.67 bits per heavy atom. The van der Waals surface area contributed by atoms with E-state index in [2.05, 4.69) is 30.8 Å². The maximum atomic E-state index is 11.4. The van der Waals surface area contributed by atoms with Crippen LogP contribution in [0.2, 0.25) is 0 Å². The summed E-state index contributed by atoms with van der Waals surface area (Å²) in [5.74, 6) is 0.423. The van der Waals surface area contributed by atoms with Gasteiger partial charge in [0, 0.05) is 26.2 Å². The topological polar surface area (TPSA) is 32.8 Å². The van der Waals surface area contributed by atoms with Gasteiger partial charge in [-0.2, -0.15) is 0 Å². The van der Waals surface area contributed by atoms with E-state index in [0.717, 1.165) is 26.2 Å². The number of rotatable bonds is 4. The van der Waals surface area contributed by atoms with E-state index in [4.69, 9.17) is 4.74 Å². The molecule has 0 radical (unpaired) electrons. The number of carbonyl (C=O) groups excluding carboxylic acids is 1. The third-order valence-electron chi connectivity index (χ3n) is 3.06. The Morgan fingerprint density at radius 2 is 2.13 bits per heavy atom. The first-order valence-corrected chi connectivity index (χ1v) is 5.49. The molecule has 1 saturated heterocycles. The molecular weight excluding hydrogens is 192 g/mol. The third kappa shape index (κ3) is 3.47. The lowest BCUT2D eigenvalue weighted by atomic mass is 9.99. The highest BCUT2D eigenvalue weighted by Crippen LogP contribution is 2.23. The van der Waals surface area contributed by atoms with Crippen molar-refractivity contribution in [2.75, 3.05) is 47.4 Å². The molecule has 88 valence electrons. The van der Waals surface area contributed by atoms with E-state index in [9.17, 15) is 4.79 Å². The van der Waals surface area contributed by atoms with E-state index in [1.54, 1.807) is 0 Å². The van der Waals surface area contributed by atoms with Gasteiger partial charge in [0.1, 0.15) is 0 Å². The number of carbonyl (C=O) groups is 1. The van der Waals surface area contributed by atoms with E-state index in [1.165, 1.54) is 7.11 Å². The minimum Gasteiger partial charge on any atom is -0.469 e. The first-order valence-electron chi connectivity index (χ1n) is 5.49. The lowest BCUT2D eigenvalue weighted by Crippen LogP contribution is -2.31. The fourth-order valence-corrected chi connectivity index (χ4v) is 2.05. The Kier molecular flexibility index (Phi) is 4.54. The van der Waals surface area contributed by atoms with Gasteiger partial charge in [0.05, 0.1) is 13.0 Å². The third-order valence-corrected chi connectivity index (χ3v) is 3.06. The highest BCUT2D eigenvalue weighted by Gasteiger charge is 2.35. The number of methoxy groups -OCH3 is 1. The minimum absolute atomic E-state index is 0.0603. The van der Waals surface area contributed by atoms with Gasteiger partial charge in [0.25, 0.3) is 0 Å². The molecule has 1 heterocycles. The van der Waals surface area contributed by atoms with Crippen LogP contribution in [0.4, 0.5) is 0 Å². The fourth-order valence-electron chi connectivity index (χ4n) is 2.05. The van der Waals surface area contributed by atoms with Crippen LogP contribution in [-0.4, -0.2) is 63.2 Å². The van der Waals surface area contributed by atoms with Crippen molar-refractivity contribution in [3.8, 4) is 0 Å². The number of hydrogen-bond acceptors (Lipinski definition) is 4. The average molecular weight is 214 g/mol. The summed E-state index contributed by atoms with van der Waals surface area (Å²) in [5.41, 5.74) is 0. The average Bonchev–Trinajstić information content (AvgIpc) is 2.55. The summed E-state index contributed by atoms with van der Waals surface area (Å²) < 4.78 is 4.80. The van der Waals surface area contributed by atoms with Gasteiger partial charge in [-0.1, -0.05) is 6.92 Å². The van der Waals surface area contributed by atoms with E-state index < -0.39 is 0 Å². The van der Waals surface area contributed by atoms with Crippen molar-refractivity contribution >= 4 is 5.97 Å². The maximum Gasteiger partial charge on any atom is 0.310 e. The second kappa shape index (κ2) is 5.47. The molecule has 2 atom stereocenters. The van der Waals surface area contributed by atoms with Gasteiger partial charge in [0.2, 0.25) is 0 Å². The molecule has 0 bridgehead atoms. The zero-order valence-corrected chi connectivity index (χ0v) is 10.2. The number of likely N-dealkylation sites (N-methyl/N-ethyl adjacent to an activating group) is 1.